The number of carbonyl (C=O) groups excluding carboxylic acids is 1. The first kappa shape index (κ1) is 14.1. The van der Waals surface area contributed by atoms with E-state index in [-0.39, 0.29) is 12.4 Å². The molecule has 0 fully saturated rings. The smallest absolute Gasteiger partial charge is 0.313 e. The molecule has 2 rings (SSSR count). The van der Waals surface area contributed by atoms with Gasteiger partial charge in [0.1, 0.15) is 12.4 Å². The Kier molecular flexibility index (Phi) is 4.35. The van der Waals surface area contributed by atoms with Crippen molar-refractivity contribution < 1.29 is 13.9 Å². The van der Waals surface area contributed by atoms with Crippen molar-refractivity contribution in [3.05, 3.63) is 65.5 Å². The third-order valence-electron chi connectivity index (χ3n) is 3.09. The molecule has 0 amide bonds. The van der Waals surface area contributed by atoms with Crippen molar-refractivity contribution in [3.63, 3.8) is 0 Å². The number of esters is 1. The summed E-state index contributed by atoms with van der Waals surface area (Å²) in [6, 6.07) is 13.3. The van der Waals surface area contributed by atoms with E-state index in [2.05, 4.69) is 0 Å². The lowest BCUT2D eigenvalue weighted by Gasteiger charge is -2.12. The highest BCUT2D eigenvalue weighted by Crippen LogP contribution is 2.20. The number of rotatable bonds is 4. The Morgan fingerprint density at radius 1 is 1.25 bits per heavy atom. The lowest BCUT2D eigenvalue weighted by molar-refractivity contribution is -0.146. The molecule has 0 saturated carbocycles. The quantitative estimate of drug-likeness (QED) is 0.687. The van der Waals surface area contributed by atoms with Gasteiger partial charge in [-0.15, -0.1) is 0 Å². The lowest BCUT2D eigenvalue weighted by Crippen LogP contribution is -2.13. The highest BCUT2D eigenvalue weighted by Gasteiger charge is 2.17. The van der Waals surface area contributed by atoms with Crippen molar-refractivity contribution in [3.8, 4) is 0 Å². The van der Waals surface area contributed by atoms with Gasteiger partial charge in [0.2, 0.25) is 0 Å². The summed E-state index contributed by atoms with van der Waals surface area (Å²) in [6.07, 6.45) is 0. The summed E-state index contributed by atoms with van der Waals surface area (Å²) in [7, 11) is 0. The average Bonchev–Trinajstić information content (AvgIpc) is 2.45. The number of nitrogen functional groups attached to an aromatic ring is 1. The van der Waals surface area contributed by atoms with Crippen LogP contribution in [0.25, 0.3) is 0 Å². The van der Waals surface area contributed by atoms with Crippen LogP contribution >= 0.6 is 0 Å². The maximum absolute atomic E-state index is 13.4. The number of ether oxygens (including phenoxy) is 1. The Morgan fingerprint density at radius 3 is 2.70 bits per heavy atom. The molecule has 0 heterocycles. The third kappa shape index (κ3) is 3.35. The van der Waals surface area contributed by atoms with Gasteiger partial charge in [-0.3, -0.25) is 4.79 Å². The van der Waals surface area contributed by atoms with Gasteiger partial charge >= 0.3 is 5.97 Å². The Labute approximate surface area is 117 Å². The zero-order valence-corrected chi connectivity index (χ0v) is 11.2. The highest BCUT2D eigenvalue weighted by molar-refractivity contribution is 5.78. The van der Waals surface area contributed by atoms with Gasteiger partial charge in [0.25, 0.3) is 0 Å². The maximum Gasteiger partial charge on any atom is 0.313 e. The van der Waals surface area contributed by atoms with Crippen molar-refractivity contribution in [1.82, 2.24) is 0 Å². The molecule has 1 atom stereocenters. The molecule has 3 nitrogen and oxygen atoms in total. The minimum atomic E-state index is -0.440. The molecule has 0 bridgehead atoms. The van der Waals surface area contributed by atoms with E-state index in [0.717, 1.165) is 5.56 Å². The molecule has 0 aliphatic carbocycles. The van der Waals surface area contributed by atoms with E-state index in [9.17, 15) is 9.18 Å². The summed E-state index contributed by atoms with van der Waals surface area (Å²) in [4.78, 5) is 12.0. The van der Waals surface area contributed by atoms with Crippen molar-refractivity contribution in [2.24, 2.45) is 0 Å². The topological polar surface area (TPSA) is 52.3 Å². The molecule has 104 valence electrons. The van der Waals surface area contributed by atoms with Gasteiger partial charge in [-0.1, -0.05) is 30.3 Å². The molecule has 0 aromatic heterocycles. The Balaban J connectivity index is 2.00. The van der Waals surface area contributed by atoms with Gasteiger partial charge in [0.05, 0.1) is 5.92 Å². The number of nitrogens with two attached hydrogens (primary N) is 1. The Bertz CT molecular complexity index is 613. The van der Waals surface area contributed by atoms with Crippen LogP contribution in [0, 0.1) is 5.82 Å². The first-order valence-electron chi connectivity index (χ1n) is 6.33. The largest absolute Gasteiger partial charge is 0.460 e. The maximum atomic E-state index is 13.4. The predicted molar refractivity (Wildman–Crippen MR) is 75.5 cm³/mol. The van der Waals surface area contributed by atoms with E-state index < -0.39 is 11.9 Å². The molecule has 2 aromatic carbocycles. The van der Waals surface area contributed by atoms with Crippen LogP contribution in [0.4, 0.5) is 10.1 Å². The first-order valence-corrected chi connectivity index (χ1v) is 6.33. The van der Waals surface area contributed by atoms with Gasteiger partial charge in [0, 0.05) is 11.3 Å². The number of carbonyl (C=O) groups is 1. The Hall–Kier alpha value is -2.36. The fourth-order valence-electron chi connectivity index (χ4n) is 1.85. The van der Waals surface area contributed by atoms with Crippen LogP contribution < -0.4 is 5.73 Å². The number of anilines is 1. The molecule has 2 aromatic rings. The van der Waals surface area contributed by atoms with E-state index in [1.807, 2.05) is 6.07 Å². The fraction of sp³-hybridized carbons (Fsp3) is 0.188. The van der Waals surface area contributed by atoms with Gasteiger partial charge in [0.15, 0.2) is 0 Å². The summed E-state index contributed by atoms with van der Waals surface area (Å²) in [5.41, 5.74) is 7.42. The molecule has 0 spiro atoms. The Morgan fingerprint density at radius 2 is 2.00 bits per heavy atom. The van der Waals surface area contributed by atoms with Crippen LogP contribution in [0.1, 0.15) is 24.0 Å². The summed E-state index contributed by atoms with van der Waals surface area (Å²) < 4.78 is 18.6. The predicted octanol–water partition coefficient (Wildman–Crippen LogP) is 3.25. The lowest BCUT2D eigenvalue weighted by atomic mass is 10.0. The molecule has 0 aliphatic rings. The summed E-state index contributed by atoms with van der Waals surface area (Å²) >= 11 is 0. The van der Waals surface area contributed by atoms with Gasteiger partial charge in [-0.05, 0) is 30.7 Å². The van der Waals surface area contributed by atoms with E-state index in [1.54, 1.807) is 43.3 Å². The zero-order valence-electron chi connectivity index (χ0n) is 11.2. The van der Waals surface area contributed by atoms with Crippen molar-refractivity contribution >= 4 is 11.7 Å². The van der Waals surface area contributed by atoms with Crippen LogP contribution in [0.5, 0.6) is 0 Å². The van der Waals surface area contributed by atoms with Gasteiger partial charge in [-0.2, -0.15) is 0 Å². The van der Waals surface area contributed by atoms with E-state index in [1.165, 1.54) is 6.07 Å². The molecule has 0 radical (unpaired) electrons. The van der Waals surface area contributed by atoms with Crippen LogP contribution in [0.3, 0.4) is 0 Å². The summed E-state index contributed by atoms with van der Waals surface area (Å²) in [6.45, 7) is 1.66. The number of halogens is 1. The summed E-state index contributed by atoms with van der Waals surface area (Å²) in [5.74, 6) is -1.22. The number of hydrogen-bond donors (Lipinski definition) is 1. The third-order valence-corrected chi connectivity index (χ3v) is 3.09. The van der Waals surface area contributed by atoms with Gasteiger partial charge < -0.3 is 10.5 Å². The van der Waals surface area contributed by atoms with Crippen LogP contribution in [-0.4, -0.2) is 5.97 Å². The fourth-order valence-corrected chi connectivity index (χ4v) is 1.85. The molecule has 0 saturated heterocycles. The number of hydrogen-bond acceptors (Lipinski definition) is 3. The zero-order chi connectivity index (χ0) is 14.5. The monoisotopic (exact) mass is 273 g/mol. The van der Waals surface area contributed by atoms with Crippen LogP contribution in [0.2, 0.25) is 0 Å². The standard InChI is InChI=1S/C16H16FNO2/c1-11(12-6-4-7-14(18)9-12)16(19)20-10-13-5-2-3-8-15(13)17/h2-9,11H,10,18H2,1H3. The molecule has 1 unspecified atom stereocenters. The van der Waals surface area contributed by atoms with E-state index in [0.29, 0.717) is 11.3 Å². The second-order valence-electron chi connectivity index (χ2n) is 4.59. The van der Waals surface area contributed by atoms with E-state index >= 15 is 0 Å². The van der Waals surface area contributed by atoms with Gasteiger partial charge in [-0.25, -0.2) is 4.39 Å². The van der Waals surface area contributed by atoms with Crippen LogP contribution in [-0.2, 0) is 16.1 Å². The van der Waals surface area contributed by atoms with Crippen molar-refractivity contribution in [1.29, 1.82) is 0 Å². The molecule has 0 aliphatic heterocycles. The molecular formula is C16H16FNO2. The summed E-state index contributed by atoms with van der Waals surface area (Å²) in [5, 5.41) is 0. The van der Waals surface area contributed by atoms with Crippen molar-refractivity contribution in [2.75, 3.05) is 5.73 Å². The molecule has 4 heteroatoms. The highest BCUT2D eigenvalue weighted by atomic mass is 19.1. The SMILES string of the molecule is CC(C(=O)OCc1ccccc1F)c1cccc(N)c1. The minimum absolute atomic E-state index is 0.0713. The minimum Gasteiger partial charge on any atom is -0.460 e. The number of benzene rings is 2. The average molecular weight is 273 g/mol. The molecule has 20 heavy (non-hydrogen) atoms. The van der Waals surface area contributed by atoms with Crippen molar-refractivity contribution in [2.45, 2.75) is 19.4 Å². The molecular weight excluding hydrogens is 257 g/mol. The van der Waals surface area contributed by atoms with Crippen LogP contribution in [0.15, 0.2) is 48.5 Å². The second-order valence-corrected chi connectivity index (χ2v) is 4.59. The van der Waals surface area contributed by atoms with E-state index in [4.69, 9.17) is 10.5 Å². The molecule has 2 N–H and O–H groups in total. The normalized spacial score (nSPS) is 11.9. The first-order chi connectivity index (χ1) is 9.58. The second kappa shape index (κ2) is 6.19.